The molecule has 0 saturated carbocycles. The number of aromatic nitrogens is 2. The van der Waals surface area contributed by atoms with Gasteiger partial charge in [-0.15, -0.1) is 0 Å². The van der Waals surface area contributed by atoms with E-state index in [2.05, 4.69) is 59.0 Å². The molecule has 170 valence electrons. The minimum atomic E-state index is -0.565. The van der Waals surface area contributed by atoms with Crippen molar-refractivity contribution in [3.05, 3.63) is 83.4 Å². The van der Waals surface area contributed by atoms with Gasteiger partial charge in [0.15, 0.2) is 0 Å². The maximum absolute atomic E-state index is 13.9. The average molecular weight is 447 g/mol. The molecule has 1 N–H and O–H groups in total. The lowest BCUT2D eigenvalue weighted by molar-refractivity contribution is 0.567. The lowest BCUT2D eigenvalue weighted by Crippen LogP contribution is -2.44. The van der Waals surface area contributed by atoms with Crippen LogP contribution in [-0.4, -0.2) is 35.7 Å². The average Bonchev–Trinajstić information content (AvgIpc) is 3.17. The van der Waals surface area contributed by atoms with Crippen LogP contribution in [0, 0.1) is 11.6 Å². The maximum Gasteiger partial charge on any atom is 0.206 e. The first-order chi connectivity index (χ1) is 16.0. The van der Waals surface area contributed by atoms with Gasteiger partial charge in [-0.2, -0.15) is 0 Å². The summed E-state index contributed by atoms with van der Waals surface area (Å²) in [6.45, 7) is 8.16. The van der Waals surface area contributed by atoms with Gasteiger partial charge in [-0.25, -0.2) is 13.8 Å². The molecule has 1 fully saturated rings. The molecule has 1 aromatic heterocycles. The Morgan fingerprint density at radius 3 is 2.33 bits per heavy atom. The summed E-state index contributed by atoms with van der Waals surface area (Å²) in [5.74, 6) is 0.0847. The van der Waals surface area contributed by atoms with Crippen molar-refractivity contribution >= 4 is 17.0 Å². The third kappa shape index (κ3) is 4.23. The molecule has 5 rings (SSSR count). The van der Waals surface area contributed by atoms with Crippen molar-refractivity contribution < 1.29 is 8.78 Å². The molecule has 0 unspecified atom stereocenters. The predicted octanol–water partition coefficient (Wildman–Crippen LogP) is 5.56. The van der Waals surface area contributed by atoms with Crippen LogP contribution in [0.25, 0.3) is 22.2 Å². The molecule has 1 saturated heterocycles. The molecule has 33 heavy (non-hydrogen) atoms. The summed E-state index contributed by atoms with van der Waals surface area (Å²) in [5.41, 5.74) is 5.98. The van der Waals surface area contributed by atoms with Gasteiger partial charge in [0.25, 0.3) is 0 Å². The van der Waals surface area contributed by atoms with Crippen molar-refractivity contribution in [3.63, 3.8) is 0 Å². The van der Waals surface area contributed by atoms with Crippen molar-refractivity contribution in [2.24, 2.45) is 0 Å². The molecule has 3 aromatic carbocycles. The lowest BCUT2D eigenvalue weighted by Gasteiger charge is -2.29. The first-order valence-electron chi connectivity index (χ1n) is 11.5. The molecule has 4 nitrogen and oxygen atoms in total. The van der Waals surface area contributed by atoms with E-state index in [1.807, 2.05) is 12.1 Å². The third-order valence-electron chi connectivity index (χ3n) is 6.29. The van der Waals surface area contributed by atoms with Crippen LogP contribution < -0.4 is 10.2 Å². The fraction of sp³-hybridized carbons (Fsp3) is 0.296. The van der Waals surface area contributed by atoms with Crippen molar-refractivity contribution in [3.8, 4) is 11.1 Å². The Balaban J connectivity index is 1.70. The SMILES string of the molecule is CC(C)c1ccccc1-c1cccc2c1nc(N1CCNCC1)n2Cc1cc(F)cc(F)c1. The molecule has 6 heteroatoms. The summed E-state index contributed by atoms with van der Waals surface area (Å²) < 4.78 is 30.0. The molecule has 1 aliphatic heterocycles. The number of nitrogens with one attached hydrogen (secondary N) is 1. The van der Waals surface area contributed by atoms with Crippen molar-refractivity contribution in [2.45, 2.75) is 26.3 Å². The Morgan fingerprint density at radius 1 is 0.909 bits per heavy atom. The largest absolute Gasteiger partial charge is 0.340 e. The molecule has 0 spiro atoms. The van der Waals surface area contributed by atoms with E-state index < -0.39 is 11.6 Å². The second-order valence-corrected chi connectivity index (χ2v) is 8.93. The highest BCUT2D eigenvalue weighted by Crippen LogP contribution is 2.36. The standard InChI is InChI=1S/C27H28F2N4/c1-18(2)22-6-3-4-7-23(22)24-8-5-9-25-26(24)31-27(32-12-10-30-11-13-32)33(25)17-19-14-20(28)16-21(29)15-19/h3-9,14-16,18,30H,10-13,17H2,1-2H3. The van der Waals surface area contributed by atoms with E-state index in [1.165, 1.54) is 23.3 Å². The van der Waals surface area contributed by atoms with Gasteiger partial charge in [-0.1, -0.05) is 50.2 Å². The Bertz CT molecular complexity index is 1270. The summed E-state index contributed by atoms with van der Waals surface area (Å²) in [5, 5.41) is 3.38. The van der Waals surface area contributed by atoms with E-state index in [0.717, 1.165) is 54.8 Å². The second kappa shape index (κ2) is 8.94. The first-order valence-corrected chi connectivity index (χ1v) is 11.5. The smallest absolute Gasteiger partial charge is 0.206 e. The molecule has 0 aliphatic carbocycles. The minimum Gasteiger partial charge on any atom is -0.340 e. The summed E-state index contributed by atoms with van der Waals surface area (Å²) >= 11 is 0. The van der Waals surface area contributed by atoms with Crippen LogP contribution >= 0.6 is 0 Å². The monoisotopic (exact) mass is 446 g/mol. The molecule has 4 aromatic rings. The van der Waals surface area contributed by atoms with Crippen LogP contribution in [0.3, 0.4) is 0 Å². The van der Waals surface area contributed by atoms with Crippen LogP contribution in [0.2, 0.25) is 0 Å². The Kier molecular flexibility index (Phi) is 5.85. The van der Waals surface area contributed by atoms with Gasteiger partial charge in [0, 0.05) is 37.8 Å². The number of fused-ring (bicyclic) bond motifs is 1. The van der Waals surface area contributed by atoms with Gasteiger partial charge in [-0.05, 0) is 40.8 Å². The molecule has 0 radical (unpaired) electrons. The zero-order valence-electron chi connectivity index (χ0n) is 19.0. The first kappa shape index (κ1) is 21.6. The Hall–Kier alpha value is -3.25. The van der Waals surface area contributed by atoms with E-state index in [9.17, 15) is 8.78 Å². The van der Waals surface area contributed by atoms with Crippen LogP contribution in [0.4, 0.5) is 14.7 Å². The van der Waals surface area contributed by atoms with Gasteiger partial charge in [-0.3, -0.25) is 0 Å². The molecule has 0 atom stereocenters. The number of anilines is 1. The number of halogens is 2. The van der Waals surface area contributed by atoms with Gasteiger partial charge >= 0.3 is 0 Å². The highest BCUT2D eigenvalue weighted by Gasteiger charge is 2.22. The van der Waals surface area contributed by atoms with E-state index in [-0.39, 0.29) is 0 Å². The molecule has 1 aliphatic rings. The number of rotatable bonds is 5. The normalized spacial score (nSPS) is 14.4. The fourth-order valence-corrected chi connectivity index (χ4v) is 4.74. The fourth-order valence-electron chi connectivity index (χ4n) is 4.74. The van der Waals surface area contributed by atoms with Crippen molar-refractivity contribution in [1.82, 2.24) is 14.9 Å². The number of nitrogens with zero attached hydrogens (tertiary/aromatic N) is 3. The molecular formula is C27H28F2N4. The maximum atomic E-state index is 13.9. The van der Waals surface area contributed by atoms with Crippen molar-refractivity contribution in [2.75, 3.05) is 31.1 Å². The van der Waals surface area contributed by atoms with E-state index in [1.54, 1.807) is 0 Å². The third-order valence-corrected chi connectivity index (χ3v) is 6.29. The molecule has 0 amide bonds. The summed E-state index contributed by atoms with van der Waals surface area (Å²) in [6.07, 6.45) is 0. The zero-order chi connectivity index (χ0) is 22.9. The van der Waals surface area contributed by atoms with Crippen LogP contribution in [0.15, 0.2) is 60.7 Å². The summed E-state index contributed by atoms with van der Waals surface area (Å²) in [4.78, 5) is 7.38. The number of hydrogen-bond acceptors (Lipinski definition) is 3. The lowest BCUT2D eigenvalue weighted by atomic mass is 9.92. The number of para-hydroxylation sites is 1. The predicted molar refractivity (Wildman–Crippen MR) is 130 cm³/mol. The summed E-state index contributed by atoms with van der Waals surface area (Å²) in [7, 11) is 0. The van der Waals surface area contributed by atoms with Gasteiger partial charge < -0.3 is 14.8 Å². The highest BCUT2D eigenvalue weighted by molar-refractivity contribution is 5.94. The number of hydrogen-bond donors (Lipinski definition) is 1. The minimum absolute atomic E-state index is 0.347. The number of imidazole rings is 1. The van der Waals surface area contributed by atoms with E-state index in [4.69, 9.17) is 4.98 Å². The second-order valence-electron chi connectivity index (χ2n) is 8.93. The van der Waals surface area contributed by atoms with Crippen LogP contribution in [0.1, 0.15) is 30.9 Å². The quantitative estimate of drug-likeness (QED) is 0.436. The summed E-state index contributed by atoms with van der Waals surface area (Å²) in [6, 6.07) is 18.4. The highest BCUT2D eigenvalue weighted by atomic mass is 19.1. The van der Waals surface area contributed by atoms with Crippen LogP contribution in [0.5, 0.6) is 0 Å². The van der Waals surface area contributed by atoms with Gasteiger partial charge in [0.05, 0.1) is 17.6 Å². The number of benzene rings is 3. The molecule has 2 heterocycles. The van der Waals surface area contributed by atoms with Crippen molar-refractivity contribution in [1.29, 1.82) is 0 Å². The van der Waals surface area contributed by atoms with Crippen LogP contribution in [-0.2, 0) is 6.54 Å². The van der Waals surface area contributed by atoms with E-state index >= 15 is 0 Å². The van der Waals surface area contributed by atoms with Gasteiger partial charge in [0.2, 0.25) is 5.95 Å². The molecule has 0 bridgehead atoms. The molecular weight excluding hydrogens is 418 g/mol. The topological polar surface area (TPSA) is 33.1 Å². The van der Waals surface area contributed by atoms with E-state index in [0.29, 0.717) is 18.0 Å². The Labute approximate surface area is 192 Å². The zero-order valence-corrected chi connectivity index (χ0v) is 19.0. The number of piperazine rings is 1. The van der Waals surface area contributed by atoms with Gasteiger partial charge in [0.1, 0.15) is 11.6 Å². The Morgan fingerprint density at radius 2 is 1.61 bits per heavy atom.